The fourth-order valence-corrected chi connectivity index (χ4v) is 8.17. The fraction of sp³-hybridized carbons (Fsp3) is 0.571. The smallest absolute Gasteiger partial charge is 0.469 e. The molecule has 0 saturated heterocycles. The third-order valence-corrected chi connectivity index (χ3v) is 11.9. The number of hydrogen-bond donors (Lipinski definition) is 1. The van der Waals surface area contributed by atoms with Gasteiger partial charge in [0, 0.05) is 55.2 Å². The Balaban J connectivity index is 2.07. The molecule has 0 spiro atoms. The van der Waals surface area contributed by atoms with Crippen LogP contribution >= 0.6 is 0 Å². The van der Waals surface area contributed by atoms with Crippen LogP contribution in [0.4, 0.5) is 0 Å². The summed E-state index contributed by atoms with van der Waals surface area (Å²) in [5, 5.41) is 11.3. The molecule has 12 heteroatoms. The first kappa shape index (κ1) is 38.2. The van der Waals surface area contributed by atoms with Crippen molar-refractivity contribution >= 4 is 48.5 Å². The summed E-state index contributed by atoms with van der Waals surface area (Å²) in [6.45, 7) is 5.25. The maximum atomic E-state index is 14.2. The zero-order chi connectivity index (χ0) is 34.6. The minimum Gasteiger partial charge on any atom is -0.469 e. The van der Waals surface area contributed by atoms with E-state index in [1.165, 1.54) is 28.4 Å². The highest BCUT2D eigenvalue weighted by molar-refractivity contribution is 6.60. The molecule has 4 atom stereocenters. The molecular weight excluding hydrogens is 622 g/mol. The third-order valence-electron chi connectivity index (χ3n) is 9.04. The molecule has 0 aliphatic heterocycles. The van der Waals surface area contributed by atoms with Gasteiger partial charge in [0.15, 0.2) is 0 Å². The standard InChI is InChI=1S/C35H51NO10Si/c1-8-26(33(39)41-4)23-35(3,34(40)46-19-13-21-47(42-5,43-6)44-7)24-27(22-25(2)32(38)45-20-18-37)36-30-16-11-9-14-28(30)29-15-10-12-17-31(29)36/h9-12,14-17,25-27,37H,8,13,18-24H2,1-7H3. The highest BCUT2D eigenvalue weighted by Gasteiger charge is 2.43. The van der Waals surface area contributed by atoms with E-state index in [0.29, 0.717) is 25.3 Å². The highest BCUT2D eigenvalue weighted by Crippen LogP contribution is 2.43. The molecule has 0 radical (unpaired) electrons. The van der Waals surface area contributed by atoms with Crippen molar-refractivity contribution in [2.75, 3.05) is 48.3 Å². The normalized spacial score (nSPS) is 15.1. The Bertz CT molecular complexity index is 1410. The molecule has 260 valence electrons. The molecule has 0 amide bonds. The van der Waals surface area contributed by atoms with E-state index in [9.17, 15) is 19.5 Å². The number of rotatable bonds is 20. The maximum absolute atomic E-state index is 14.2. The number of aromatic nitrogens is 1. The van der Waals surface area contributed by atoms with Crippen molar-refractivity contribution in [3.8, 4) is 0 Å². The van der Waals surface area contributed by atoms with Crippen molar-refractivity contribution in [1.29, 1.82) is 0 Å². The largest absolute Gasteiger partial charge is 0.500 e. The first-order valence-electron chi connectivity index (χ1n) is 16.2. The van der Waals surface area contributed by atoms with Gasteiger partial charge in [-0.15, -0.1) is 0 Å². The van der Waals surface area contributed by atoms with E-state index in [1.54, 1.807) is 6.92 Å². The SMILES string of the molecule is CCC(CC(C)(CC(CC(C)C(=O)OCCO)n1c2ccccc2c2ccccc21)C(=O)OCCC[Si](OC)(OC)OC)C(=O)OC. The third kappa shape index (κ3) is 9.20. The van der Waals surface area contributed by atoms with Crippen LogP contribution in [0.3, 0.4) is 0 Å². The van der Waals surface area contributed by atoms with E-state index in [1.807, 2.05) is 50.2 Å². The highest BCUT2D eigenvalue weighted by atomic mass is 28.4. The lowest BCUT2D eigenvalue weighted by Crippen LogP contribution is -2.43. The molecule has 0 saturated carbocycles. The molecule has 3 aromatic rings. The Kier molecular flexibility index (Phi) is 14.4. The van der Waals surface area contributed by atoms with Crippen LogP contribution in [0.1, 0.15) is 58.9 Å². The zero-order valence-corrected chi connectivity index (χ0v) is 29.8. The van der Waals surface area contributed by atoms with Gasteiger partial charge in [-0.05, 0) is 51.2 Å². The van der Waals surface area contributed by atoms with Gasteiger partial charge >= 0.3 is 26.7 Å². The molecule has 0 aliphatic rings. The van der Waals surface area contributed by atoms with Crippen molar-refractivity contribution in [3.63, 3.8) is 0 Å². The molecular formula is C35H51NO10Si. The number of carbonyl (C=O) groups is 3. The summed E-state index contributed by atoms with van der Waals surface area (Å²) in [7, 11) is 3.10. The first-order chi connectivity index (χ1) is 22.5. The molecule has 0 fully saturated rings. The maximum Gasteiger partial charge on any atom is 0.500 e. The molecule has 0 aliphatic carbocycles. The molecule has 4 unspecified atom stereocenters. The number of para-hydroxylation sites is 2. The predicted octanol–water partition coefficient (Wildman–Crippen LogP) is 5.69. The lowest BCUT2D eigenvalue weighted by atomic mass is 9.74. The van der Waals surface area contributed by atoms with Gasteiger partial charge in [-0.1, -0.05) is 50.2 Å². The number of carbonyl (C=O) groups excluding carboxylic acids is 3. The number of hydrogen-bond acceptors (Lipinski definition) is 10. The molecule has 1 N–H and O–H groups in total. The Hall–Kier alpha value is -3.29. The number of ether oxygens (including phenoxy) is 3. The number of esters is 3. The van der Waals surface area contributed by atoms with Crippen molar-refractivity contribution < 1.29 is 47.0 Å². The van der Waals surface area contributed by atoms with Crippen LogP contribution in [0.5, 0.6) is 0 Å². The first-order valence-corrected chi connectivity index (χ1v) is 18.1. The number of nitrogens with zero attached hydrogens (tertiary/aromatic N) is 1. The fourth-order valence-electron chi connectivity index (χ4n) is 6.48. The predicted molar refractivity (Wildman–Crippen MR) is 181 cm³/mol. The summed E-state index contributed by atoms with van der Waals surface area (Å²) in [4.78, 5) is 40.0. The van der Waals surface area contributed by atoms with Crippen molar-refractivity contribution in [2.24, 2.45) is 17.3 Å². The van der Waals surface area contributed by atoms with Crippen molar-refractivity contribution in [3.05, 3.63) is 48.5 Å². The van der Waals surface area contributed by atoms with E-state index in [0.717, 1.165) is 21.8 Å². The summed E-state index contributed by atoms with van der Waals surface area (Å²) in [6.07, 6.45) is 1.74. The van der Waals surface area contributed by atoms with Gasteiger partial charge in [0.2, 0.25) is 0 Å². The summed E-state index contributed by atoms with van der Waals surface area (Å²) in [6, 6.07) is 16.2. The number of aliphatic hydroxyl groups excluding tert-OH is 1. The Morgan fingerprint density at radius 3 is 1.94 bits per heavy atom. The van der Waals surface area contributed by atoms with Crippen LogP contribution in [0.15, 0.2) is 48.5 Å². The number of benzene rings is 2. The molecule has 0 bridgehead atoms. The molecule has 1 heterocycles. The van der Waals surface area contributed by atoms with Gasteiger partial charge in [-0.2, -0.15) is 0 Å². The van der Waals surface area contributed by atoms with Crippen LogP contribution in [-0.4, -0.2) is 84.6 Å². The van der Waals surface area contributed by atoms with Crippen LogP contribution in [0.2, 0.25) is 6.04 Å². The van der Waals surface area contributed by atoms with Crippen LogP contribution in [0.25, 0.3) is 21.8 Å². The van der Waals surface area contributed by atoms with Gasteiger partial charge in [0.05, 0.1) is 37.6 Å². The molecule has 11 nitrogen and oxygen atoms in total. The van der Waals surface area contributed by atoms with Gasteiger partial charge in [-0.25, -0.2) is 0 Å². The van der Waals surface area contributed by atoms with E-state index in [-0.39, 0.29) is 38.7 Å². The summed E-state index contributed by atoms with van der Waals surface area (Å²) >= 11 is 0. The minimum atomic E-state index is -2.86. The number of fused-ring (bicyclic) bond motifs is 3. The lowest BCUT2D eigenvalue weighted by molar-refractivity contribution is -0.159. The molecule has 3 rings (SSSR count). The van der Waals surface area contributed by atoms with E-state index < -0.39 is 44.0 Å². The van der Waals surface area contributed by atoms with Crippen LogP contribution in [-0.2, 0) is 41.9 Å². The van der Waals surface area contributed by atoms with Gasteiger partial charge in [0.1, 0.15) is 6.61 Å². The molecule has 1 aromatic heterocycles. The van der Waals surface area contributed by atoms with E-state index >= 15 is 0 Å². The Labute approximate surface area is 278 Å². The topological polar surface area (TPSA) is 132 Å². The van der Waals surface area contributed by atoms with Gasteiger partial charge < -0.3 is 37.2 Å². The molecule has 2 aromatic carbocycles. The number of methoxy groups -OCH3 is 1. The Morgan fingerprint density at radius 2 is 1.43 bits per heavy atom. The quantitative estimate of drug-likeness (QED) is 0.0690. The second kappa shape index (κ2) is 17.7. The minimum absolute atomic E-state index is 0.0933. The summed E-state index contributed by atoms with van der Waals surface area (Å²) < 4.78 is 35.1. The second-order valence-corrected chi connectivity index (χ2v) is 15.3. The van der Waals surface area contributed by atoms with Crippen molar-refractivity contribution in [2.45, 2.75) is 65.0 Å². The van der Waals surface area contributed by atoms with Crippen LogP contribution in [0, 0.1) is 17.3 Å². The monoisotopic (exact) mass is 673 g/mol. The lowest BCUT2D eigenvalue weighted by Gasteiger charge is -2.35. The van der Waals surface area contributed by atoms with Gasteiger partial charge in [-0.3, -0.25) is 14.4 Å². The van der Waals surface area contributed by atoms with E-state index in [2.05, 4.69) is 16.7 Å². The van der Waals surface area contributed by atoms with Crippen molar-refractivity contribution in [1.82, 2.24) is 4.57 Å². The van der Waals surface area contributed by atoms with E-state index in [4.69, 9.17) is 27.5 Å². The summed E-state index contributed by atoms with van der Waals surface area (Å²) in [5.41, 5.74) is 0.787. The molecule has 47 heavy (non-hydrogen) atoms. The summed E-state index contributed by atoms with van der Waals surface area (Å²) in [5.74, 6) is -2.36. The van der Waals surface area contributed by atoms with Crippen LogP contribution < -0.4 is 0 Å². The average molecular weight is 674 g/mol. The second-order valence-electron chi connectivity index (χ2n) is 12.2. The number of aliphatic hydroxyl groups is 1. The zero-order valence-electron chi connectivity index (χ0n) is 28.8. The average Bonchev–Trinajstić information content (AvgIpc) is 3.43. The van der Waals surface area contributed by atoms with Gasteiger partial charge in [0.25, 0.3) is 0 Å². The Morgan fingerprint density at radius 1 is 0.851 bits per heavy atom.